The molecule has 7 nitrogen and oxygen atoms in total. The molecule has 0 saturated carbocycles. The zero-order chi connectivity index (χ0) is 22.5. The van der Waals surface area contributed by atoms with Gasteiger partial charge in [0.2, 0.25) is 5.91 Å². The number of amides is 1. The van der Waals surface area contributed by atoms with E-state index in [0.717, 1.165) is 27.6 Å². The fraction of sp³-hybridized carbons (Fsp3) is 0.154. The third kappa shape index (κ3) is 4.52. The third-order valence-electron chi connectivity index (χ3n) is 5.94. The Morgan fingerprint density at radius 3 is 2.42 bits per heavy atom. The highest BCUT2D eigenvalue weighted by molar-refractivity contribution is 5.84. The van der Waals surface area contributed by atoms with E-state index < -0.39 is 6.04 Å². The first-order valence-electron chi connectivity index (χ1n) is 10.9. The molecule has 1 amide bonds. The predicted octanol–water partition coefficient (Wildman–Crippen LogP) is 3.89. The van der Waals surface area contributed by atoms with Crippen LogP contribution < -0.4 is 5.32 Å². The van der Waals surface area contributed by atoms with E-state index in [9.17, 15) is 4.79 Å². The van der Waals surface area contributed by atoms with E-state index >= 15 is 0 Å². The molecule has 2 atom stereocenters. The standard InChI is InChI=1S/C26H24N6O/c33-26(25(32-18-29-30-31-32)15-19-9-3-1-4-10-19)28-16-22(20-11-5-2-6-12-20)23-17-27-24-14-8-7-13-21(23)24/h1-14,17-18,22,25,27H,15-16H2,(H,28,33)/t22-,25+/m1/s1. The minimum Gasteiger partial charge on any atom is -0.361 e. The fourth-order valence-corrected chi connectivity index (χ4v) is 4.25. The van der Waals surface area contributed by atoms with Gasteiger partial charge in [0.25, 0.3) is 0 Å². The Morgan fingerprint density at radius 1 is 0.939 bits per heavy atom. The molecule has 7 heteroatoms. The van der Waals surface area contributed by atoms with Gasteiger partial charge in [-0.1, -0.05) is 78.9 Å². The van der Waals surface area contributed by atoms with E-state index in [1.54, 1.807) is 0 Å². The number of benzene rings is 3. The van der Waals surface area contributed by atoms with E-state index in [2.05, 4.69) is 50.1 Å². The summed E-state index contributed by atoms with van der Waals surface area (Å²) in [6.07, 6.45) is 4.03. The molecule has 3 aromatic carbocycles. The molecule has 0 fully saturated rings. The molecule has 0 aliphatic rings. The number of hydrogen-bond donors (Lipinski definition) is 2. The van der Waals surface area contributed by atoms with Crippen molar-refractivity contribution in [2.45, 2.75) is 18.4 Å². The van der Waals surface area contributed by atoms with Gasteiger partial charge in [0.15, 0.2) is 0 Å². The summed E-state index contributed by atoms with van der Waals surface area (Å²) in [5, 5.41) is 15.8. The summed E-state index contributed by atoms with van der Waals surface area (Å²) >= 11 is 0. The summed E-state index contributed by atoms with van der Waals surface area (Å²) in [5.74, 6) is -0.121. The van der Waals surface area contributed by atoms with Crippen molar-refractivity contribution in [1.29, 1.82) is 0 Å². The van der Waals surface area contributed by atoms with Crippen molar-refractivity contribution in [2.24, 2.45) is 0 Å². The molecular weight excluding hydrogens is 412 g/mol. The van der Waals surface area contributed by atoms with Crippen LogP contribution in [0.4, 0.5) is 0 Å². The van der Waals surface area contributed by atoms with Crippen molar-refractivity contribution in [2.75, 3.05) is 6.54 Å². The lowest BCUT2D eigenvalue weighted by atomic mass is 9.90. The van der Waals surface area contributed by atoms with E-state index in [0.29, 0.717) is 13.0 Å². The topological polar surface area (TPSA) is 88.5 Å². The van der Waals surface area contributed by atoms with Crippen LogP contribution in [0.5, 0.6) is 0 Å². The highest BCUT2D eigenvalue weighted by Gasteiger charge is 2.25. The number of hydrogen-bond acceptors (Lipinski definition) is 4. The van der Waals surface area contributed by atoms with Gasteiger partial charge in [-0.15, -0.1) is 5.10 Å². The molecule has 5 rings (SSSR count). The van der Waals surface area contributed by atoms with Crippen LogP contribution in [0.15, 0.2) is 97.5 Å². The molecule has 164 valence electrons. The Morgan fingerprint density at radius 2 is 1.67 bits per heavy atom. The van der Waals surface area contributed by atoms with Gasteiger partial charge < -0.3 is 10.3 Å². The minimum atomic E-state index is -0.540. The number of nitrogens with one attached hydrogen (secondary N) is 2. The molecule has 2 heterocycles. The largest absolute Gasteiger partial charge is 0.361 e. The Kier molecular flexibility index (Phi) is 5.93. The first kappa shape index (κ1) is 20.6. The van der Waals surface area contributed by atoms with Gasteiger partial charge in [0.1, 0.15) is 12.4 Å². The average molecular weight is 437 g/mol. The summed E-state index contributed by atoms with van der Waals surface area (Å²) in [6, 6.07) is 27.8. The van der Waals surface area contributed by atoms with Crippen molar-refractivity contribution in [3.63, 3.8) is 0 Å². The van der Waals surface area contributed by atoms with Crippen LogP contribution in [-0.4, -0.2) is 37.6 Å². The number of para-hydroxylation sites is 1. The number of H-pyrrole nitrogens is 1. The molecule has 0 radical (unpaired) electrons. The second-order valence-electron chi connectivity index (χ2n) is 7.99. The van der Waals surface area contributed by atoms with Crippen LogP contribution in [-0.2, 0) is 11.2 Å². The number of carbonyl (C=O) groups is 1. The molecule has 33 heavy (non-hydrogen) atoms. The van der Waals surface area contributed by atoms with Crippen molar-refractivity contribution in [3.05, 3.63) is 114 Å². The lowest BCUT2D eigenvalue weighted by Gasteiger charge is -2.21. The number of fused-ring (bicyclic) bond motifs is 1. The Balaban J connectivity index is 1.41. The van der Waals surface area contributed by atoms with Gasteiger partial charge >= 0.3 is 0 Å². The van der Waals surface area contributed by atoms with E-state index in [-0.39, 0.29) is 11.8 Å². The summed E-state index contributed by atoms with van der Waals surface area (Å²) in [5.41, 5.74) is 4.42. The van der Waals surface area contributed by atoms with Crippen molar-refractivity contribution >= 4 is 16.8 Å². The second kappa shape index (κ2) is 9.48. The van der Waals surface area contributed by atoms with E-state index in [1.165, 1.54) is 11.0 Å². The van der Waals surface area contributed by atoms with Crippen molar-refractivity contribution < 1.29 is 4.79 Å². The summed E-state index contributed by atoms with van der Waals surface area (Å²) in [6.45, 7) is 0.456. The molecule has 0 bridgehead atoms. The van der Waals surface area contributed by atoms with Gasteiger partial charge in [0.05, 0.1) is 0 Å². The molecule has 2 aromatic heterocycles. The van der Waals surface area contributed by atoms with Gasteiger partial charge in [-0.3, -0.25) is 4.79 Å². The summed E-state index contributed by atoms with van der Waals surface area (Å²) in [7, 11) is 0. The van der Waals surface area contributed by atoms with Crippen LogP contribution in [0.2, 0.25) is 0 Å². The number of aromatic amines is 1. The maximum Gasteiger partial charge on any atom is 0.245 e. The minimum absolute atomic E-state index is 0.00227. The van der Waals surface area contributed by atoms with Crippen LogP contribution in [0.3, 0.4) is 0 Å². The SMILES string of the molecule is O=C(NC[C@H](c1ccccc1)c1c[nH]c2ccccc12)[C@H](Cc1ccccc1)n1cnnn1. The quantitative estimate of drug-likeness (QED) is 0.386. The molecule has 2 N–H and O–H groups in total. The zero-order valence-corrected chi connectivity index (χ0v) is 18.0. The normalized spacial score (nSPS) is 13.0. The van der Waals surface area contributed by atoms with Crippen LogP contribution >= 0.6 is 0 Å². The maximum absolute atomic E-state index is 13.4. The Hall–Kier alpha value is -4.26. The lowest BCUT2D eigenvalue weighted by Crippen LogP contribution is -2.36. The monoisotopic (exact) mass is 436 g/mol. The number of rotatable bonds is 8. The number of tetrazole rings is 1. The van der Waals surface area contributed by atoms with Crippen LogP contribution in [0.1, 0.15) is 28.7 Å². The van der Waals surface area contributed by atoms with Crippen molar-refractivity contribution in [3.8, 4) is 0 Å². The first-order valence-corrected chi connectivity index (χ1v) is 10.9. The highest BCUT2D eigenvalue weighted by Crippen LogP contribution is 2.30. The predicted molar refractivity (Wildman–Crippen MR) is 127 cm³/mol. The van der Waals surface area contributed by atoms with E-state index in [4.69, 9.17) is 0 Å². The first-order chi connectivity index (χ1) is 16.3. The van der Waals surface area contributed by atoms with Gasteiger partial charge in [-0.25, -0.2) is 4.68 Å². The Bertz CT molecular complexity index is 1310. The highest BCUT2D eigenvalue weighted by atomic mass is 16.2. The van der Waals surface area contributed by atoms with Gasteiger partial charge in [-0.05, 0) is 33.2 Å². The van der Waals surface area contributed by atoms with Gasteiger partial charge in [0, 0.05) is 36.0 Å². The molecule has 0 aliphatic carbocycles. The molecular formula is C26H24N6O. The molecule has 5 aromatic rings. The average Bonchev–Trinajstić information content (AvgIpc) is 3.55. The van der Waals surface area contributed by atoms with E-state index in [1.807, 2.05) is 66.9 Å². The molecule has 0 unspecified atom stereocenters. The third-order valence-corrected chi connectivity index (χ3v) is 5.94. The molecule has 0 spiro atoms. The van der Waals surface area contributed by atoms with Crippen LogP contribution in [0.25, 0.3) is 10.9 Å². The van der Waals surface area contributed by atoms with Gasteiger partial charge in [-0.2, -0.15) is 0 Å². The smallest absolute Gasteiger partial charge is 0.245 e. The maximum atomic E-state index is 13.4. The fourth-order valence-electron chi connectivity index (χ4n) is 4.25. The second-order valence-corrected chi connectivity index (χ2v) is 7.99. The summed E-state index contributed by atoms with van der Waals surface area (Å²) in [4.78, 5) is 16.7. The summed E-state index contributed by atoms with van der Waals surface area (Å²) < 4.78 is 1.52. The number of nitrogens with zero attached hydrogens (tertiary/aromatic N) is 4. The number of aromatic nitrogens is 5. The molecule has 0 aliphatic heterocycles. The Labute approximate surface area is 191 Å². The lowest BCUT2D eigenvalue weighted by molar-refractivity contribution is -0.124. The number of carbonyl (C=O) groups excluding carboxylic acids is 1. The zero-order valence-electron chi connectivity index (χ0n) is 18.0. The van der Waals surface area contributed by atoms with Crippen LogP contribution in [0, 0.1) is 0 Å². The molecule has 0 saturated heterocycles. The van der Waals surface area contributed by atoms with Crippen molar-refractivity contribution in [1.82, 2.24) is 30.5 Å².